The lowest BCUT2D eigenvalue weighted by molar-refractivity contribution is 0.419. The summed E-state index contributed by atoms with van der Waals surface area (Å²) < 4.78 is 5.97. The molecule has 0 amide bonds. The van der Waals surface area contributed by atoms with Gasteiger partial charge in [0.1, 0.15) is 11.5 Å². The molecule has 0 spiro atoms. The van der Waals surface area contributed by atoms with Gasteiger partial charge in [-0.3, -0.25) is 0 Å². The minimum absolute atomic E-state index is 0.735. The third-order valence-electron chi connectivity index (χ3n) is 3.98. The molecule has 1 N–H and O–H groups in total. The van der Waals surface area contributed by atoms with Crippen LogP contribution < -0.4 is 5.32 Å². The first-order chi connectivity index (χ1) is 9.38. The number of hydrogen-bond acceptors (Lipinski definition) is 2. The molecule has 1 aromatic carbocycles. The van der Waals surface area contributed by atoms with Crippen molar-refractivity contribution >= 4 is 0 Å². The van der Waals surface area contributed by atoms with Crippen LogP contribution in [-0.2, 0) is 6.54 Å². The van der Waals surface area contributed by atoms with E-state index < -0.39 is 0 Å². The molecule has 1 aromatic heterocycles. The predicted molar refractivity (Wildman–Crippen MR) is 78.1 cm³/mol. The second-order valence-electron chi connectivity index (χ2n) is 5.26. The Kier molecular flexibility index (Phi) is 3.69. The van der Waals surface area contributed by atoms with Crippen molar-refractivity contribution < 1.29 is 4.42 Å². The summed E-state index contributed by atoms with van der Waals surface area (Å²) in [6.45, 7) is 3.88. The summed E-state index contributed by atoms with van der Waals surface area (Å²) in [5.41, 5.74) is 2.73. The third-order valence-corrected chi connectivity index (χ3v) is 3.98. The Morgan fingerprint density at radius 1 is 1.16 bits per heavy atom. The van der Waals surface area contributed by atoms with E-state index in [9.17, 15) is 0 Å². The highest BCUT2D eigenvalue weighted by Crippen LogP contribution is 2.41. The highest BCUT2D eigenvalue weighted by atomic mass is 16.3. The van der Waals surface area contributed by atoms with E-state index in [0.29, 0.717) is 0 Å². The number of furan rings is 1. The average molecular weight is 255 g/mol. The number of benzene rings is 1. The first-order valence-electron chi connectivity index (χ1n) is 7.27. The molecule has 1 saturated carbocycles. The summed E-state index contributed by atoms with van der Waals surface area (Å²) in [6.07, 6.45) is 4.01. The molecule has 2 nitrogen and oxygen atoms in total. The Morgan fingerprint density at radius 2 is 2.00 bits per heavy atom. The summed E-state index contributed by atoms with van der Waals surface area (Å²) >= 11 is 0. The average Bonchev–Trinajstić information content (AvgIpc) is 2.84. The molecule has 2 aromatic rings. The zero-order chi connectivity index (χ0) is 13.1. The van der Waals surface area contributed by atoms with Gasteiger partial charge in [-0.2, -0.15) is 0 Å². The normalized spacial score (nSPS) is 15.4. The Balaban J connectivity index is 1.86. The summed E-state index contributed by atoms with van der Waals surface area (Å²) in [4.78, 5) is 0. The maximum Gasteiger partial charge on any atom is 0.134 e. The van der Waals surface area contributed by atoms with Crippen LogP contribution in [0.25, 0.3) is 11.3 Å². The molecule has 2 heteroatoms. The van der Waals surface area contributed by atoms with E-state index in [2.05, 4.69) is 48.6 Å². The van der Waals surface area contributed by atoms with Crippen LogP contribution in [0.1, 0.15) is 43.4 Å². The molecule has 3 rings (SSSR count). The SMILES string of the molecule is CCNCc1ccc(-c2ccccc2C2CCC2)o1. The number of nitrogens with one attached hydrogen (secondary N) is 1. The minimum Gasteiger partial charge on any atom is -0.460 e. The van der Waals surface area contributed by atoms with Gasteiger partial charge in [-0.1, -0.05) is 37.6 Å². The van der Waals surface area contributed by atoms with Crippen LogP contribution in [0, 0.1) is 0 Å². The second-order valence-corrected chi connectivity index (χ2v) is 5.26. The molecule has 19 heavy (non-hydrogen) atoms. The highest BCUT2D eigenvalue weighted by molar-refractivity contribution is 5.63. The lowest BCUT2D eigenvalue weighted by atomic mass is 9.78. The lowest BCUT2D eigenvalue weighted by Crippen LogP contribution is -2.10. The first kappa shape index (κ1) is 12.5. The molecule has 0 saturated heterocycles. The van der Waals surface area contributed by atoms with E-state index in [-0.39, 0.29) is 0 Å². The van der Waals surface area contributed by atoms with Crippen molar-refractivity contribution in [1.82, 2.24) is 5.32 Å². The van der Waals surface area contributed by atoms with Crippen LogP contribution in [0.15, 0.2) is 40.8 Å². The fourth-order valence-electron chi connectivity index (χ4n) is 2.66. The maximum atomic E-state index is 5.97. The van der Waals surface area contributed by atoms with Crippen LogP contribution in [0.5, 0.6) is 0 Å². The van der Waals surface area contributed by atoms with Gasteiger partial charge in [0, 0.05) is 5.56 Å². The fourth-order valence-corrected chi connectivity index (χ4v) is 2.66. The molecule has 0 atom stereocenters. The van der Waals surface area contributed by atoms with Gasteiger partial charge in [0.05, 0.1) is 6.54 Å². The molecule has 1 heterocycles. The van der Waals surface area contributed by atoms with Crippen LogP contribution in [0.4, 0.5) is 0 Å². The van der Waals surface area contributed by atoms with Crippen molar-refractivity contribution in [2.45, 2.75) is 38.6 Å². The molecule has 1 fully saturated rings. The lowest BCUT2D eigenvalue weighted by Gasteiger charge is -2.27. The molecular weight excluding hydrogens is 234 g/mol. The van der Waals surface area contributed by atoms with Crippen LogP contribution in [-0.4, -0.2) is 6.54 Å². The van der Waals surface area contributed by atoms with E-state index in [1.807, 2.05) is 0 Å². The molecule has 1 aliphatic rings. The van der Waals surface area contributed by atoms with Crippen LogP contribution >= 0.6 is 0 Å². The van der Waals surface area contributed by atoms with Gasteiger partial charge in [0.2, 0.25) is 0 Å². The Hall–Kier alpha value is -1.54. The zero-order valence-corrected chi connectivity index (χ0v) is 11.5. The number of rotatable bonds is 5. The Labute approximate surface area is 114 Å². The van der Waals surface area contributed by atoms with Crippen molar-refractivity contribution in [3.05, 3.63) is 47.7 Å². The molecular formula is C17H21NO. The monoisotopic (exact) mass is 255 g/mol. The summed E-state index contributed by atoms with van der Waals surface area (Å²) in [5, 5.41) is 3.30. The van der Waals surface area contributed by atoms with Gasteiger partial charge >= 0.3 is 0 Å². The van der Waals surface area contributed by atoms with E-state index in [4.69, 9.17) is 4.42 Å². The standard InChI is InChI=1S/C17H21NO/c1-2-18-12-14-10-11-17(19-14)16-9-4-3-8-15(16)13-6-5-7-13/h3-4,8-11,13,18H,2,5-7,12H2,1H3. The van der Waals surface area contributed by atoms with Gasteiger partial charge in [-0.05, 0) is 43.0 Å². The van der Waals surface area contributed by atoms with Crippen LogP contribution in [0.3, 0.4) is 0 Å². The summed E-state index contributed by atoms with van der Waals surface area (Å²) in [6, 6.07) is 12.9. The molecule has 0 aliphatic heterocycles. The fraction of sp³-hybridized carbons (Fsp3) is 0.412. The Morgan fingerprint density at radius 3 is 2.74 bits per heavy atom. The molecule has 0 unspecified atom stereocenters. The quantitative estimate of drug-likeness (QED) is 0.860. The second kappa shape index (κ2) is 5.62. The highest BCUT2D eigenvalue weighted by Gasteiger charge is 2.23. The Bertz CT molecular complexity index is 540. The topological polar surface area (TPSA) is 25.2 Å². The van der Waals surface area contributed by atoms with Gasteiger partial charge in [0.25, 0.3) is 0 Å². The van der Waals surface area contributed by atoms with E-state index >= 15 is 0 Å². The largest absolute Gasteiger partial charge is 0.460 e. The molecule has 0 bridgehead atoms. The van der Waals surface area contributed by atoms with Crippen molar-refractivity contribution in [3.8, 4) is 11.3 Å². The first-order valence-corrected chi connectivity index (χ1v) is 7.27. The van der Waals surface area contributed by atoms with Crippen molar-refractivity contribution in [2.24, 2.45) is 0 Å². The van der Waals surface area contributed by atoms with Crippen molar-refractivity contribution in [3.63, 3.8) is 0 Å². The van der Waals surface area contributed by atoms with Crippen LogP contribution in [0.2, 0.25) is 0 Å². The van der Waals surface area contributed by atoms with Crippen molar-refractivity contribution in [2.75, 3.05) is 6.54 Å². The van der Waals surface area contributed by atoms with Gasteiger partial charge in [0.15, 0.2) is 0 Å². The van der Waals surface area contributed by atoms with E-state index in [1.165, 1.54) is 30.4 Å². The van der Waals surface area contributed by atoms with E-state index in [1.54, 1.807) is 0 Å². The van der Waals surface area contributed by atoms with Gasteiger partial charge in [-0.25, -0.2) is 0 Å². The maximum absolute atomic E-state index is 5.97. The van der Waals surface area contributed by atoms with Gasteiger partial charge in [-0.15, -0.1) is 0 Å². The smallest absolute Gasteiger partial charge is 0.134 e. The van der Waals surface area contributed by atoms with Gasteiger partial charge < -0.3 is 9.73 Å². The number of hydrogen-bond donors (Lipinski definition) is 1. The molecule has 1 aliphatic carbocycles. The third kappa shape index (κ3) is 2.59. The minimum atomic E-state index is 0.735. The van der Waals surface area contributed by atoms with Crippen molar-refractivity contribution in [1.29, 1.82) is 0 Å². The molecule has 0 radical (unpaired) electrons. The summed E-state index contributed by atoms with van der Waals surface area (Å²) in [5.74, 6) is 2.76. The zero-order valence-electron chi connectivity index (χ0n) is 11.5. The predicted octanol–water partition coefficient (Wildman–Crippen LogP) is 4.32. The molecule has 100 valence electrons. The van der Waals surface area contributed by atoms with E-state index in [0.717, 1.165) is 30.5 Å². The summed E-state index contributed by atoms with van der Waals surface area (Å²) in [7, 11) is 0.